The van der Waals surface area contributed by atoms with Crippen LogP contribution in [0.4, 0.5) is 4.79 Å². The summed E-state index contributed by atoms with van der Waals surface area (Å²) in [5.74, 6) is -6.64. The SMILES string of the molecule is C#CCOCCOCCOCCOCCC(=O)N[C@H](CCC(=O)CCCCCCCNC(=O)O[C@H]1[C@@H]([C@@H](NC(C)=O)C(CC)CC)[C@H](N=C(N)N)C[C@@H]1C(=O)O)C(=O)CCC(=O)NCCCCCCCC(=O)O[C@H]1[C@@H]([C@@H](NC(C)=O)C(CC)CC)C(CC(=N)N)C[C@@H]1C(=O)O. The zero-order valence-electron chi connectivity index (χ0n) is 57.2. The average Bonchev–Trinajstić information content (AvgIpc) is 1.65. The number of aliphatic imine (C=N–C) groups is 1. The number of unbranched alkanes of at least 4 members (excludes halogenated alkanes) is 8. The number of carbonyl (C=O) groups is 10. The fourth-order valence-corrected chi connectivity index (χ4v) is 13.1. The maximum atomic E-state index is 13.6. The Labute approximate surface area is 561 Å². The van der Waals surface area contributed by atoms with E-state index in [4.69, 9.17) is 57.5 Å². The number of Topliss-reactive ketones (excluding diaryl/α,β-unsaturated/α-hetero) is 2. The summed E-state index contributed by atoms with van der Waals surface area (Å²) in [5, 5.41) is 42.7. The number of nitrogens with one attached hydrogen (secondary N) is 6. The normalized spacial score (nSPS) is 19.9. The van der Waals surface area contributed by atoms with E-state index in [2.05, 4.69) is 37.5 Å². The van der Waals surface area contributed by atoms with Gasteiger partial charge < -0.3 is 82.4 Å². The van der Waals surface area contributed by atoms with Crippen LogP contribution < -0.4 is 43.8 Å². The average molecular weight is 1350 g/mol. The van der Waals surface area contributed by atoms with Crippen molar-refractivity contribution < 1.29 is 86.6 Å². The second kappa shape index (κ2) is 48.7. The van der Waals surface area contributed by atoms with E-state index < -0.39 is 95.7 Å². The highest BCUT2D eigenvalue weighted by molar-refractivity contribution is 5.92. The van der Waals surface area contributed by atoms with Crippen molar-refractivity contribution in [1.29, 1.82) is 5.41 Å². The first-order chi connectivity index (χ1) is 45.4. The first kappa shape index (κ1) is 84.1. The van der Waals surface area contributed by atoms with E-state index in [0.717, 1.165) is 19.3 Å². The number of amides is 5. The number of guanidine groups is 1. The summed E-state index contributed by atoms with van der Waals surface area (Å²) in [6.45, 7) is 13.4. The Hall–Kier alpha value is -6.96. The molecule has 1 unspecified atom stereocenters. The summed E-state index contributed by atoms with van der Waals surface area (Å²) in [4.78, 5) is 133. The van der Waals surface area contributed by atoms with Gasteiger partial charge >= 0.3 is 24.0 Å². The molecule has 11 atom stereocenters. The lowest BCUT2D eigenvalue weighted by Crippen LogP contribution is -2.52. The predicted octanol–water partition coefficient (Wildman–Crippen LogP) is 4.97. The van der Waals surface area contributed by atoms with Gasteiger partial charge in [0.15, 0.2) is 11.7 Å². The van der Waals surface area contributed by atoms with Crippen molar-refractivity contribution >= 4 is 71.0 Å². The van der Waals surface area contributed by atoms with Gasteiger partial charge in [0.2, 0.25) is 23.6 Å². The first-order valence-corrected chi connectivity index (χ1v) is 34.3. The molecular weight excluding hydrogens is 1230 g/mol. The van der Waals surface area contributed by atoms with Crippen LogP contribution in [0.2, 0.25) is 0 Å². The number of ether oxygens (including phenoxy) is 6. The molecule has 0 aliphatic heterocycles. The van der Waals surface area contributed by atoms with E-state index in [-0.39, 0.29) is 150 Å². The summed E-state index contributed by atoms with van der Waals surface area (Å²) in [5.41, 5.74) is 17.3. The van der Waals surface area contributed by atoms with Gasteiger partial charge in [-0.1, -0.05) is 97.8 Å². The summed E-state index contributed by atoms with van der Waals surface area (Å²) in [6, 6.07) is -2.80. The van der Waals surface area contributed by atoms with Crippen LogP contribution in [0.15, 0.2) is 4.99 Å². The Morgan fingerprint density at radius 3 is 1.59 bits per heavy atom. The first-order valence-electron chi connectivity index (χ1n) is 34.3. The molecule has 0 heterocycles. The van der Waals surface area contributed by atoms with E-state index in [1.165, 1.54) is 13.8 Å². The van der Waals surface area contributed by atoms with Gasteiger partial charge in [0.05, 0.1) is 76.0 Å². The Morgan fingerprint density at radius 2 is 1.06 bits per heavy atom. The fraction of sp³-hybridized carbons (Fsp3) is 0.791. The number of aliphatic carboxylic acids is 2. The third kappa shape index (κ3) is 34.0. The van der Waals surface area contributed by atoms with Crippen LogP contribution in [0, 0.1) is 59.2 Å². The van der Waals surface area contributed by atoms with E-state index in [1.807, 2.05) is 27.7 Å². The number of nitrogens with zero attached hydrogens (tertiary/aromatic N) is 1. The highest BCUT2D eigenvalue weighted by atomic mass is 16.6. The summed E-state index contributed by atoms with van der Waals surface area (Å²) < 4.78 is 33.4. The van der Waals surface area contributed by atoms with E-state index in [9.17, 15) is 58.2 Å². The molecule has 2 aliphatic carbocycles. The molecule has 2 saturated carbocycles. The molecule has 540 valence electrons. The molecule has 5 amide bonds. The molecule has 2 fully saturated rings. The molecule has 2 rings (SSSR count). The lowest BCUT2D eigenvalue weighted by atomic mass is 9.77. The smallest absolute Gasteiger partial charge is 0.407 e. The van der Waals surface area contributed by atoms with Gasteiger partial charge in [-0.05, 0) is 62.7 Å². The minimum Gasteiger partial charge on any atom is -0.481 e. The number of alkyl carbamates (subject to hydrolysis) is 1. The molecular formula is C67H114N10O18. The number of carboxylic acids is 2. The molecule has 0 spiro atoms. The van der Waals surface area contributed by atoms with Crippen molar-refractivity contribution in [2.45, 2.75) is 232 Å². The second-order valence-electron chi connectivity index (χ2n) is 24.9. The van der Waals surface area contributed by atoms with E-state index >= 15 is 0 Å². The molecule has 14 N–H and O–H groups in total. The van der Waals surface area contributed by atoms with E-state index in [1.54, 1.807) is 0 Å². The standard InChI is InChI=1S/C67H114N10O18/c1-8-32-90-34-36-92-38-39-93-37-35-91-33-29-56(83)76-51(26-25-48(80)23-19-15-13-18-22-31-73-67(89)95-63-50(65(87)88)42-52(77-66(70)71)59(63)61(75-44(7)79)46(11-4)12-5)53(81)27-28-55(82)72-30-21-17-14-16-20-24-57(84)94-62-49(64(85)86)40-47(41-54(68)69)58(62)60(74-43(6)78)45(9-2)10-3/h1,45-47,49-52,58-63H,9-42H2,2-7H3,(H3,68,69)(H,72,82)(H,73,89)(H,74,78)(H,75,79)(H,76,83)(H,85,86)(H,87,88)(H4,70,71,77)/t47?,49-,50-,51+,52+,58+,59+,60-,61-,62+,63+/m0/s1. The highest BCUT2D eigenvalue weighted by Crippen LogP contribution is 2.46. The number of ketones is 2. The maximum Gasteiger partial charge on any atom is 0.407 e. The number of hydrogen-bond donors (Lipinski definition) is 11. The number of rotatable bonds is 54. The van der Waals surface area contributed by atoms with Crippen LogP contribution in [-0.2, 0) is 71.6 Å². The van der Waals surface area contributed by atoms with Crippen LogP contribution in [0.5, 0.6) is 0 Å². The van der Waals surface area contributed by atoms with E-state index in [0.29, 0.717) is 104 Å². The monoisotopic (exact) mass is 1350 g/mol. The van der Waals surface area contributed by atoms with Gasteiger partial charge in [0.1, 0.15) is 24.6 Å². The molecule has 0 saturated heterocycles. The zero-order valence-corrected chi connectivity index (χ0v) is 57.2. The second-order valence-corrected chi connectivity index (χ2v) is 24.9. The number of terminal acetylenes is 1. The number of carbonyl (C=O) groups excluding carboxylic acids is 8. The summed E-state index contributed by atoms with van der Waals surface area (Å²) in [6.07, 6.45) is 11.7. The van der Waals surface area contributed by atoms with Crippen LogP contribution in [-0.4, -0.2) is 184 Å². The van der Waals surface area contributed by atoms with Gasteiger partial charge in [0.25, 0.3) is 0 Å². The van der Waals surface area contributed by atoms with Crippen LogP contribution in [0.1, 0.15) is 196 Å². The molecule has 28 nitrogen and oxygen atoms in total. The lowest BCUT2D eigenvalue weighted by Gasteiger charge is -2.37. The Kier molecular flexibility index (Phi) is 43.1. The molecule has 0 aromatic rings. The third-order valence-electron chi connectivity index (χ3n) is 17.8. The molecule has 28 heteroatoms. The number of nitrogens with two attached hydrogens (primary N) is 3. The topological polar surface area (TPSA) is 441 Å². The van der Waals surface area contributed by atoms with Crippen molar-refractivity contribution in [3.63, 3.8) is 0 Å². The molecule has 0 aromatic heterocycles. The quantitative estimate of drug-likeness (QED) is 0.0126. The minimum atomic E-state index is -1.18. The van der Waals surface area contributed by atoms with Crippen LogP contribution in [0.3, 0.4) is 0 Å². The fourth-order valence-electron chi connectivity index (χ4n) is 13.1. The van der Waals surface area contributed by atoms with Crippen LogP contribution in [0.25, 0.3) is 0 Å². The van der Waals surface area contributed by atoms with Crippen molar-refractivity contribution in [3.05, 3.63) is 0 Å². The van der Waals surface area contributed by atoms with Gasteiger partial charge in [-0.15, -0.1) is 6.42 Å². The van der Waals surface area contributed by atoms with Gasteiger partial charge in [-0.2, -0.15) is 0 Å². The molecule has 0 bridgehead atoms. The number of amidine groups is 1. The molecule has 0 radical (unpaired) electrons. The minimum absolute atomic E-state index is 0.00455. The number of carboxylic acid groups (broad SMARTS) is 2. The molecule has 0 aromatic carbocycles. The van der Waals surface area contributed by atoms with Crippen LogP contribution >= 0.6 is 0 Å². The maximum absolute atomic E-state index is 13.6. The summed E-state index contributed by atoms with van der Waals surface area (Å²) >= 11 is 0. The van der Waals surface area contributed by atoms with Crippen molar-refractivity contribution in [3.8, 4) is 12.3 Å². The Morgan fingerprint density at radius 1 is 0.568 bits per heavy atom. The Bertz CT molecular complexity index is 2450. The predicted molar refractivity (Wildman–Crippen MR) is 355 cm³/mol. The largest absolute Gasteiger partial charge is 0.481 e. The number of hydrogen-bond acceptors (Lipinski definition) is 18. The number of esters is 1. The zero-order chi connectivity index (χ0) is 70.7. The summed E-state index contributed by atoms with van der Waals surface area (Å²) in [7, 11) is 0. The third-order valence-corrected chi connectivity index (χ3v) is 17.8. The molecule has 95 heavy (non-hydrogen) atoms. The van der Waals surface area contributed by atoms with Gasteiger partial charge in [0, 0.05) is 95.8 Å². The highest BCUT2D eigenvalue weighted by Gasteiger charge is 2.55. The van der Waals surface area contributed by atoms with Crippen molar-refractivity contribution in [2.75, 3.05) is 65.9 Å². The Balaban J connectivity index is 1.89. The van der Waals surface area contributed by atoms with Gasteiger partial charge in [-0.25, -0.2) is 9.79 Å². The van der Waals surface area contributed by atoms with Gasteiger partial charge in [-0.3, -0.25) is 48.6 Å². The lowest BCUT2D eigenvalue weighted by molar-refractivity contribution is -0.160. The van der Waals surface area contributed by atoms with Crippen molar-refractivity contribution in [1.82, 2.24) is 26.6 Å². The van der Waals surface area contributed by atoms with Crippen molar-refractivity contribution in [2.24, 2.45) is 63.6 Å². The molecule has 2 aliphatic rings.